The lowest BCUT2D eigenvalue weighted by molar-refractivity contribution is -0.136. The Morgan fingerprint density at radius 2 is 2.00 bits per heavy atom. The van der Waals surface area contributed by atoms with E-state index in [4.69, 9.17) is 21.4 Å². The van der Waals surface area contributed by atoms with Gasteiger partial charge in [0.25, 0.3) is 0 Å². The molecule has 0 radical (unpaired) electrons. The van der Waals surface area contributed by atoms with Gasteiger partial charge in [0.05, 0.1) is 0 Å². The maximum Gasteiger partial charge on any atom is 0.303 e. The van der Waals surface area contributed by atoms with Crippen molar-refractivity contribution in [3.05, 3.63) is 70.3 Å². The number of hydrogen-bond donors (Lipinski definition) is 1. The van der Waals surface area contributed by atoms with E-state index in [0.717, 1.165) is 18.4 Å². The molecule has 26 heavy (non-hydrogen) atoms. The zero-order valence-electron chi connectivity index (χ0n) is 14.9. The van der Waals surface area contributed by atoms with E-state index >= 15 is 0 Å². The Balaban J connectivity index is 1.71. The maximum atomic E-state index is 10.7. The van der Waals surface area contributed by atoms with E-state index in [1.165, 1.54) is 16.7 Å². The Labute approximate surface area is 159 Å². The van der Waals surface area contributed by atoms with Crippen LogP contribution in [0.2, 0.25) is 5.02 Å². The van der Waals surface area contributed by atoms with E-state index in [9.17, 15) is 4.79 Å². The van der Waals surface area contributed by atoms with Crippen LogP contribution in [0.3, 0.4) is 0 Å². The summed E-state index contributed by atoms with van der Waals surface area (Å²) in [5, 5.41) is 9.35. The van der Waals surface area contributed by atoms with Crippen LogP contribution in [0, 0.1) is 5.92 Å². The summed E-state index contributed by atoms with van der Waals surface area (Å²) in [4.78, 5) is 10.7. The van der Waals surface area contributed by atoms with Gasteiger partial charge >= 0.3 is 5.97 Å². The van der Waals surface area contributed by atoms with Gasteiger partial charge in [-0.3, -0.25) is 4.79 Å². The monoisotopic (exact) mass is 370 g/mol. The highest BCUT2D eigenvalue weighted by molar-refractivity contribution is 6.31. The molecule has 4 heteroatoms. The zero-order chi connectivity index (χ0) is 18.5. The molecule has 0 aliphatic heterocycles. The largest absolute Gasteiger partial charge is 0.489 e. The minimum atomic E-state index is -0.822. The van der Waals surface area contributed by atoms with Gasteiger partial charge in [0.2, 0.25) is 0 Å². The van der Waals surface area contributed by atoms with Crippen LogP contribution in [0.1, 0.15) is 37.3 Å². The number of benzene rings is 2. The first-order valence-corrected chi connectivity index (χ1v) is 9.32. The lowest BCUT2D eigenvalue weighted by Gasteiger charge is -2.13. The summed E-state index contributed by atoms with van der Waals surface area (Å²) in [5.41, 5.74) is 4.85. The third-order valence-electron chi connectivity index (χ3n) is 4.88. The van der Waals surface area contributed by atoms with Crippen molar-refractivity contribution in [3.63, 3.8) is 0 Å². The second-order valence-electron chi connectivity index (χ2n) is 6.76. The molecule has 1 unspecified atom stereocenters. The number of hydrogen-bond acceptors (Lipinski definition) is 2. The fraction of sp³-hybridized carbons (Fsp3) is 0.318. The van der Waals surface area contributed by atoms with Gasteiger partial charge in [-0.05, 0) is 59.6 Å². The van der Waals surface area contributed by atoms with Crippen molar-refractivity contribution in [2.75, 3.05) is 6.61 Å². The molecule has 2 aromatic rings. The predicted octanol–water partition coefficient (Wildman–Crippen LogP) is 5.62. The molecule has 1 aliphatic carbocycles. The fourth-order valence-electron chi connectivity index (χ4n) is 3.51. The van der Waals surface area contributed by atoms with E-state index in [0.29, 0.717) is 29.7 Å². The topological polar surface area (TPSA) is 46.5 Å². The van der Waals surface area contributed by atoms with Crippen molar-refractivity contribution in [1.29, 1.82) is 0 Å². The van der Waals surface area contributed by atoms with Crippen molar-refractivity contribution >= 4 is 23.1 Å². The average Bonchev–Trinajstić information content (AvgIpc) is 3.00. The standard InChI is InChI=1S/C22H23ClO3/c1-15-7-8-18(22(15)17-5-3-2-4-6-17)14-26-19-11-9-16(20(23)13-19)10-12-21(24)25/h2-6,9,11,13,15H,7-8,10,12,14H2,1H3,(H,24,25). The van der Waals surface area contributed by atoms with Crippen LogP contribution in [-0.4, -0.2) is 17.7 Å². The summed E-state index contributed by atoms with van der Waals surface area (Å²) in [5.74, 6) is 0.434. The van der Waals surface area contributed by atoms with Crippen molar-refractivity contribution < 1.29 is 14.6 Å². The number of allylic oxidation sites excluding steroid dienone is 1. The van der Waals surface area contributed by atoms with Gasteiger partial charge < -0.3 is 9.84 Å². The Kier molecular flexibility index (Phi) is 6.00. The van der Waals surface area contributed by atoms with E-state index in [1.54, 1.807) is 6.07 Å². The first-order valence-electron chi connectivity index (χ1n) is 8.95. The van der Waals surface area contributed by atoms with Crippen LogP contribution < -0.4 is 4.74 Å². The molecule has 0 aromatic heterocycles. The third kappa shape index (κ3) is 4.47. The van der Waals surface area contributed by atoms with Crippen molar-refractivity contribution in [2.45, 2.75) is 32.6 Å². The molecule has 0 fully saturated rings. The van der Waals surface area contributed by atoms with Crippen molar-refractivity contribution in [2.24, 2.45) is 5.92 Å². The zero-order valence-corrected chi connectivity index (χ0v) is 15.6. The van der Waals surface area contributed by atoms with Crippen LogP contribution in [0.4, 0.5) is 0 Å². The van der Waals surface area contributed by atoms with E-state index in [1.807, 2.05) is 18.2 Å². The molecule has 1 atom stereocenters. The lowest BCUT2D eigenvalue weighted by atomic mass is 9.95. The molecule has 1 N–H and O–H groups in total. The molecule has 0 spiro atoms. The van der Waals surface area contributed by atoms with Crippen LogP contribution in [-0.2, 0) is 11.2 Å². The number of ether oxygens (including phenoxy) is 1. The minimum absolute atomic E-state index is 0.0745. The predicted molar refractivity (Wildman–Crippen MR) is 105 cm³/mol. The van der Waals surface area contributed by atoms with E-state index in [-0.39, 0.29) is 6.42 Å². The normalized spacial score (nSPS) is 16.8. The summed E-state index contributed by atoms with van der Waals surface area (Å²) < 4.78 is 5.99. The molecule has 136 valence electrons. The highest BCUT2D eigenvalue weighted by Gasteiger charge is 2.23. The number of carbonyl (C=O) groups is 1. The Morgan fingerprint density at radius 3 is 2.69 bits per heavy atom. The molecule has 0 saturated carbocycles. The number of carboxylic acids is 1. The smallest absolute Gasteiger partial charge is 0.303 e. The number of halogens is 1. The number of rotatable bonds is 7. The van der Waals surface area contributed by atoms with Gasteiger partial charge in [0, 0.05) is 11.4 Å². The quantitative estimate of drug-likeness (QED) is 0.688. The first-order chi connectivity index (χ1) is 12.5. The second-order valence-corrected chi connectivity index (χ2v) is 7.17. The Hall–Kier alpha value is -2.26. The van der Waals surface area contributed by atoms with Crippen molar-refractivity contribution in [1.82, 2.24) is 0 Å². The number of aryl methyl sites for hydroxylation is 1. The highest BCUT2D eigenvalue weighted by atomic mass is 35.5. The van der Waals surface area contributed by atoms with Crippen LogP contribution >= 0.6 is 11.6 Å². The molecule has 0 saturated heterocycles. The number of carboxylic acid groups (broad SMARTS) is 1. The van der Waals surface area contributed by atoms with Crippen LogP contribution in [0.15, 0.2) is 54.1 Å². The Morgan fingerprint density at radius 1 is 1.23 bits per heavy atom. The third-order valence-corrected chi connectivity index (χ3v) is 5.24. The van der Waals surface area contributed by atoms with Gasteiger partial charge in [-0.25, -0.2) is 0 Å². The molecule has 0 bridgehead atoms. The maximum absolute atomic E-state index is 10.7. The second kappa shape index (κ2) is 8.41. The van der Waals surface area contributed by atoms with Gasteiger partial charge in [-0.2, -0.15) is 0 Å². The van der Waals surface area contributed by atoms with E-state index in [2.05, 4.69) is 31.2 Å². The molecule has 0 heterocycles. The van der Waals surface area contributed by atoms with Gasteiger partial charge in [-0.1, -0.05) is 54.9 Å². The SMILES string of the molecule is CC1CCC(COc2ccc(CCC(=O)O)c(Cl)c2)=C1c1ccccc1. The minimum Gasteiger partial charge on any atom is -0.489 e. The molecule has 3 nitrogen and oxygen atoms in total. The van der Waals surface area contributed by atoms with Gasteiger partial charge in [0.15, 0.2) is 0 Å². The molecule has 1 aliphatic rings. The summed E-state index contributed by atoms with van der Waals surface area (Å²) in [6.07, 6.45) is 2.70. The summed E-state index contributed by atoms with van der Waals surface area (Å²) in [6, 6.07) is 16.0. The summed E-state index contributed by atoms with van der Waals surface area (Å²) in [7, 11) is 0. The lowest BCUT2D eigenvalue weighted by Crippen LogP contribution is -2.03. The summed E-state index contributed by atoms with van der Waals surface area (Å²) >= 11 is 6.27. The average molecular weight is 371 g/mol. The highest BCUT2D eigenvalue weighted by Crippen LogP contribution is 2.39. The Bertz CT molecular complexity index is 811. The molecule has 2 aromatic carbocycles. The first kappa shape index (κ1) is 18.5. The molecule has 0 amide bonds. The number of aliphatic carboxylic acids is 1. The molecular weight excluding hydrogens is 348 g/mol. The fourth-order valence-corrected chi connectivity index (χ4v) is 3.77. The summed E-state index contributed by atoms with van der Waals surface area (Å²) in [6.45, 7) is 2.82. The van der Waals surface area contributed by atoms with Crippen LogP contribution in [0.5, 0.6) is 5.75 Å². The van der Waals surface area contributed by atoms with E-state index < -0.39 is 5.97 Å². The molecule has 3 rings (SSSR count). The molecular formula is C22H23ClO3. The van der Waals surface area contributed by atoms with Gasteiger partial charge in [0.1, 0.15) is 12.4 Å². The van der Waals surface area contributed by atoms with Gasteiger partial charge in [-0.15, -0.1) is 0 Å². The van der Waals surface area contributed by atoms with Crippen molar-refractivity contribution in [3.8, 4) is 5.75 Å². The van der Waals surface area contributed by atoms with Crippen LogP contribution in [0.25, 0.3) is 5.57 Å².